The van der Waals surface area contributed by atoms with E-state index >= 15 is 0 Å². The van der Waals surface area contributed by atoms with E-state index in [1.165, 1.54) is 26.6 Å². The van der Waals surface area contributed by atoms with Crippen molar-refractivity contribution in [2.24, 2.45) is 5.92 Å². The van der Waals surface area contributed by atoms with Crippen LogP contribution in [0.1, 0.15) is 46.0 Å². The molecular weight excluding hydrogens is 697 g/mol. The van der Waals surface area contributed by atoms with Gasteiger partial charge in [-0.25, -0.2) is 9.59 Å². The molecule has 0 spiro atoms. The predicted octanol–water partition coefficient (Wildman–Crippen LogP) is 7.03. The van der Waals surface area contributed by atoms with Crippen LogP contribution in [0.25, 0.3) is 0 Å². The molecule has 1 unspecified atom stereocenters. The van der Waals surface area contributed by atoms with E-state index in [0.717, 1.165) is 32.5 Å². The highest BCUT2D eigenvalue weighted by molar-refractivity contribution is 6.35. The number of fused-ring (bicyclic) bond motifs is 3. The number of rotatable bonds is 12. The lowest BCUT2D eigenvalue weighted by molar-refractivity contribution is -0.605. The summed E-state index contributed by atoms with van der Waals surface area (Å²) in [6.07, 6.45) is 2.94. The molecule has 3 fully saturated rings. The van der Waals surface area contributed by atoms with Gasteiger partial charge in [0, 0.05) is 24.2 Å². The summed E-state index contributed by atoms with van der Waals surface area (Å²) in [5, 5.41) is 12.2. The molecule has 4 heterocycles. The van der Waals surface area contributed by atoms with Crippen LogP contribution in [0.3, 0.4) is 0 Å². The molecule has 11 nitrogen and oxygen atoms in total. The van der Waals surface area contributed by atoms with E-state index in [0.29, 0.717) is 50.3 Å². The first-order valence-corrected chi connectivity index (χ1v) is 17.3. The second-order valence-electron chi connectivity index (χ2n) is 12.5. The SMILES string of the molecule is COc1ccc(N(Cc2cccc(C(=O)OC(Cc3c(Cl)c[n+]([O-])cc3Cl)c3ccc(OC)c(OC)c3)c2)C(=O)O[C@H]2CN3CCC2CC3)cc1. The summed E-state index contributed by atoms with van der Waals surface area (Å²) >= 11 is 12.9. The van der Waals surface area contributed by atoms with Gasteiger partial charge in [-0.2, -0.15) is 4.73 Å². The van der Waals surface area contributed by atoms with Gasteiger partial charge in [-0.15, -0.1) is 0 Å². The number of benzene rings is 3. The molecule has 3 aliphatic heterocycles. The average molecular weight is 737 g/mol. The van der Waals surface area contributed by atoms with E-state index in [2.05, 4.69) is 4.90 Å². The lowest BCUT2D eigenvalue weighted by Gasteiger charge is -2.44. The van der Waals surface area contributed by atoms with Crippen LogP contribution in [0.2, 0.25) is 10.0 Å². The molecule has 3 aromatic carbocycles. The summed E-state index contributed by atoms with van der Waals surface area (Å²) in [7, 11) is 4.62. The number of anilines is 1. The van der Waals surface area contributed by atoms with Crippen LogP contribution in [-0.2, 0) is 22.4 Å². The van der Waals surface area contributed by atoms with E-state index < -0.39 is 18.2 Å². The maximum Gasteiger partial charge on any atom is 0.414 e. The van der Waals surface area contributed by atoms with Crippen LogP contribution in [0, 0.1) is 11.1 Å². The molecule has 51 heavy (non-hydrogen) atoms. The average Bonchev–Trinajstić information content (AvgIpc) is 3.15. The van der Waals surface area contributed by atoms with E-state index in [1.807, 2.05) is 6.07 Å². The number of hydrogen-bond acceptors (Lipinski definition) is 9. The Hall–Kier alpha value is -4.71. The minimum atomic E-state index is -0.884. The summed E-state index contributed by atoms with van der Waals surface area (Å²) in [4.78, 5) is 31.6. The van der Waals surface area contributed by atoms with Crippen molar-refractivity contribution < 1.29 is 38.0 Å². The van der Waals surface area contributed by atoms with Crippen LogP contribution in [0.15, 0.2) is 79.1 Å². The van der Waals surface area contributed by atoms with Crippen LogP contribution in [0.5, 0.6) is 17.2 Å². The fourth-order valence-corrected chi connectivity index (χ4v) is 7.23. The number of pyridine rings is 1. The zero-order valence-electron chi connectivity index (χ0n) is 28.6. The molecule has 3 aliphatic rings. The fourth-order valence-electron chi connectivity index (χ4n) is 6.63. The summed E-state index contributed by atoms with van der Waals surface area (Å²) in [5.74, 6) is 1.31. The lowest BCUT2D eigenvalue weighted by atomic mass is 9.86. The van der Waals surface area contributed by atoms with Gasteiger partial charge in [0.2, 0.25) is 0 Å². The standard InChI is InChI=1S/C38H39Cl2N3O8/c1-47-29-10-8-28(9-11-29)43(38(45)51-36-23-41-15-13-25(36)14-16-41)20-24-5-4-6-27(17-24)37(44)50-34(19-30-31(39)21-42(46)22-32(30)40)26-7-12-33(48-2)35(18-26)49-3/h4-12,17-18,21-22,25,34,36H,13-16,19-20,23H2,1-3H3/t34?,36-/m0/s1. The van der Waals surface area contributed by atoms with E-state index in [-0.39, 0.29) is 34.7 Å². The number of ether oxygens (including phenoxy) is 5. The van der Waals surface area contributed by atoms with Gasteiger partial charge < -0.3 is 28.9 Å². The molecule has 268 valence electrons. The van der Waals surface area contributed by atoms with Crippen LogP contribution in [-0.4, -0.2) is 64.0 Å². The smallest absolute Gasteiger partial charge is 0.414 e. The highest BCUT2D eigenvalue weighted by Crippen LogP contribution is 2.36. The first-order valence-electron chi connectivity index (χ1n) is 16.6. The number of methoxy groups -OCH3 is 3. The normalized spacial score (nSPS) is 18.4. The van der Waals surface area contributed by atoms with Crippen molar-refractivity contribution in [1.82, 2.24) is 4.90 Å². The van der Waals surface area contributed by atoms with Gasteiger partial charge >= 0.3 is 12.1 Å². The molecule has 13 heteroatoms. The summed E-state index contributed by atoms with van der Waals surface area (Å²) in [6, 6.07) is 19.2. The second-order valence-corrected chi connectivity index (χ2v) is 13.4. The number of hydrogen-bond donors (Lipinski definition) is 0. The number of esters is 1. The Labute approximate surface area is 306 Å². The molecule has 1 aromatic heterocycles. The number of piperidine rings is 3. The quantitative estimate of drug-likeness (QED) is 0.0860. The largest absolute Gasteiger partial charge is 0.619 e. The van der Waals surface area contributed by atoms with Gasteiger partial charge in [0.1, 0.15) is 28.0 Å². The Morgan fingerprint density at radius 2 is 1.63 bits per heavy atom. The first kappa shape index (κ1) is 36.1. The molecular formula is C38H39Cl2N3O8. The molecule has 2 atom stereocenters. The molecule has 0 N–H and O–H groups in total. The lowest BCUT2D eigenvalue weighted by Crippen LogP contribution is -2.53. The molecule has 0 saturated carbocycles. The number of carbonyl (C=O) groups is 2. The van der Waals surface area contributed by atoms with Crippen LogP contribution >= 0.6 is 23.2 Å². The van der Waals surface area contributed by atoms with E-state index in [1.54, 1.807) is 72.7 Å². The van der Waals surface area contributed by atoms with Gasteiger partial charge in [-0.3, -0.25) is 9.80 Å². The Bertz CT molecular complexity index is 1840. The monoisotopic (exact) mass is 735 g/mol. The first-order chi connectivity index (χ1) is 24.6. The van der Waals surface area contributed by atoms with Crippen molar-refractivity contribution in [3.63, 3.8) is 0 Å². The Kier molecular flexibility index (Phi) is 11.4. The number of halogens is 2. The Morgan fingerprint density at radius 1 is 0.922 bits per heavy atom. The van der Waals surface area contributed by atoms with Gasteiger partial charge in [-0.1, -0.05) is 41.4 Å². The molecule has 0 aliphatic carbocycles. The third-order valence-corrected chi connectivity index (χ3v) is 10.1. The number of carbonyl (C=O) groups excluding carboxylic acids is 2. The molecule has 0 radical (unpaired) electrons. The predicted molar refractivity (Wildman–Crippen MR) is 192 cm³/mol. The number of aromatic nitrogens is 1. The van der Waals surface area contributed by atoms with Crippen molar-refractivity contribution >= 4 is 41.0 Å². The van der Waals surface area contributed by atoms with Crippen molar-refractivity contribution in [1.29, 1.82) is 0 Å². The Balaban J connectivity index is 1.26. The fraction of sp³-hybridized carbons (Fsp3) is 0.342. The molecule has 3 saturated heterocycles. The van der Waals surface area contributed by atoms with E-state index in [9.17, 15) is 14.8 Å². The van der Waals surface area contributed by atoms with Gasteiger partial charge in [-0.05, 0) is 91.5 Å². The zero-order valence-corrected chi connectivity index (χ0v) is 30.1. The molecule has 4 aromatic rings. The topological polar surface area (TPSA) is 114 Å². The van der Waals surface area contributed by atoms with Gasteiger partial charge in [0.05, 0.1) is 33.4 Å². The third-order valence-electron chi connectivity index (χ3n) is 9.43. The third kappa shape index (κ3) is 8.44. The highest BCUT2D eigenvalue weighted by Gasteiger charge is 2.37. The summed E-state index contributed by atoms with van der Waals surface area (Å²) in [5.41, 5.74) is 2.59. The molecule has 1 amide bonds. The minimum Gasteiger partial charge on any atom is -0.619 e. The zero-order chi connectivity index (χ0) is 36.1. The molecule has 7 rings (SSSR count). The van der Waals surface area contributed by atoms with Crippen LogP contribution in [0.4, 0.5) is 10.5 Å². The van der Waals surface area contributed by atoms with Crippen molar-refractivity contribution in [2.45, 2.75) is 38.0 Å². The Morgan fingerprint density at radius 3 is 2.25 bits per heavy atom. The highest BCUT2D eigenvalue weighted by atomic mass is 35.5. The van der Waals surface area contributed by atoms with Crippen molar-refractivity contribution in [3.05, 3.63) is 117 Å². The second kappa shape index (κ2) is 16.1. The minimum absolute atomic E-state index is 0.0656. The maximum absolute atomic E-state index is 13.8. The number of nitrogens with zero attached hydrogens (tertiary/aromatic N) is 3. The van der Waals surface area contributed by atoms with Crippen LogP contribution < -0.4 is 23.8 Å². The van der Waals surface area contributed by atoms with Crippen molar-refractivity contribution in [2.75, 3.05) is 45.9 Å². The van der Waals surface area contributed by atoms with E-state index in [4.69, 9.17) is 46.9 Å². The van der Waals surface area contributed by atoms with Crippen molar-refractivity contribution in [3.8, 4) is 17.2 Å². The van der Waals surface area contributed by atoms with Gasteiger partial charge in [0.15, 0.2) is 23.9 Å². The summed E-state index contributed by atoms with van der Waals surface area (Å²) in [6.45, 7) is 2.92. The van der Waals surface area contributed by atoms with Gasteiger partial charge in [0.25, 0.3) is 0 Å². The number of amides is 1. The molecule has 2 bridgehead atoms. The summed E-state index contributed by atoms with van der Waals surface area (Å²) < 4.78 is 29.0. The maximum atomic E-state index is 13.8.